The van der Waals surface area contributed by atoms with Gasteiger partial charge in [-0.2, -0.15) is 18.3 Å². The fraction of sp³-hybridized carbons (Fsp3) is 0.765. The number of carbonyl (C=O) groups excluding carboxylic acids is 1. The summed E-state index contributed by atoms with van der Waals surface area (Å²) in [5.41, 5.74) is -0.417. The predicted molar refractivity (Wildman–Crippen MR) is 88.8 cm³/mol. The number of halogens is 3. The van der Waals surface area contributed by atoms with Gasteiger partial charge in [-0.05, 0) is 38.8 Å². The number of hydrogen-bond donors (Lipinski definition) is 1. The first-order valence-electron chi connectivity index (χ1n) is 9.10. The molecule has 0 aromatic carbocycles. The van der Waals surface area contributed by atoms with E-state index in [1.54, 1.807) is 6.92 Å². The first-order chi connectivity index (χ1) is 12.4. The number of alkyl halides is 3. The molecule has 1 N–H and O–H groups in total. The summed E-state index contributed by atoms with van der Waals surface area (Å²) in [6, 6.07) is 0.324. The Kier molecular flexibility index (Phi) is 5.86. The van der Waals surface area contributed by atoms with E-state index in [2.05, 4.69) is 15.3 Å². The van der Waals surface area contributed by atoms with Crippen molar-refractivity contribution in [3.63, 3.8) is 0 Å². The van der Waals surface area contributed by atoms with Gasteiger partial charge < -0.3 is 10.1 Å². The Morgan fingerprint density at radius 3 is 2.69 bits per heavy atom. The molecule has 146 valence electrons. The van der Waals surface area contributed by atoms with Crippen LogP contribution in [-0.4, -0.2) is 60.0 Å². The third kappa shape index (κ3) is 4.76. The molecule has 9 heteroatoms. The molecule has 3 rings (SSSR count). The second-order valence-electron chi connectivity index (χ2n) is 6.95. The zero-order valence-electron chi connectivity index (χ0n) is 14.9. The molecule has 1 amide bonds. The molecule has 0 bridgehead atoms. The number of ether oxygens (including phenoxy) is 1. The van der Waals surface area contributed by atoms with Gasteiger partial charge in [-0.25, -0.2) is 0 Å². The first kappa shape index (κ1) is 19.2. The van der Waals surface area contributed by atoms with E-state index in [4.69, 9.17) is 4.74 Å². The fourth-order valence-corrected chi connectivity index (χ4v) is 3.14. The Hall–Kier alpha value is -1.61. The maximum atomic E-state index is 13.0. The largest absolute Gasteiger partial charge is 0.435 e. The van der Waals surface area contributed by atoms with Gasteiger partial charge in [-0.1, -0.05) is 0 Å². The monoisotopic (exact) mass is 374 g/mol. The van der Waals surface area contributed by atoms with E-state index < -0.39 is 17.9 Å². The van der Waals surface area contributed by atoms with Crippen LogP contribution in [0.4, 0.5) is 13.2 Å². The minimum Gasteiger partial charge on any atom is -0.379 e. The molecule has 2 aliphatic rings. The SMILES string of the molecule is CC(C(=O)NCCCN1CCOCC1)n1nc(C(F)(F)F)cc1C1CC1. The summed E-state index contributed by atoms with van der Waals surface area (Å²) >= 11 is 0. The quantitative estimate of drug-likeness (QED) is 0.744. The number of carbonyl (C=O) groups is 1. The summed E-state index contributed by atoms with van der Waals surface area (Å²) in [5, 5.41) is 6.49. The van der Waals surface area contributed by atoms with Gasteiger partial charge >= 0.3 is 6.18 Å². The van der Waals surface area contributed by atoms with Crippen molar-refractivity contribution in [3.8, 4) is 0 Å². The molecule has 1 saturated carbocycles. The summed E-state index contributed by atoms with van der Waals surface area (Å²) in [5.74, 6) is -0.221. The van der Waals surface area contributed by atoms with Crippen molar-refractivity contribution in [2.75, 3.05) is 39.4 Å². The van der Waals surface area contributed by atoms with Crippen LogP contribution >= 0.6 is 0 Å². The van der Waals surface area contributed by atoms with E-state index >= 15 is 0 Å². The molecule has 2 heterocycles. The van der Waals surface area contributed by atoms with Crippen LogP contribution in [0.25, 0.3) is 0 Å². The summed E-state index contributed by atoms with van der Waals surface area (Å²) in [6.07, 6.45) is -2.02. The van der Waals surface area contributed by atoms with Gasteiger partial charge in [0.05, 0.1) is 13.2 Å². The molecule has 0 spiro atoms. The van der Waals surface area contributed by atoms with Crippen LogP contribution in [0.15, 0.2) is 6.07 Å². The smallest absolute Gasteiger partial charge is 0.379 e. The molecule has 1 aliphatic carbocycles. The van der Waals surface area contributed by atoms with Gasteiger partial charge in [-0.15, -0.1) is 0 Å². The van der Waals surface area contributed by atoms with Crippen LogP contribution < -0.4 is 5.32 Å². The second-order valence-corrected chi connectivity index (χ2v) is 6.95. The standard InChI is InChI=1S/C17H25F3N4O2/c1-12(16(25)21-5-2-6-23-7-9-26-10-8-23)24-14(13-3-4-13)11-15(22-24)17(18,19)20/h11-13H,2-10H2,1H3,(H,21,25). The van der Waals surface area contributed by atoms with E-state index in [1.165, 1.54) is 4.68 Å². The Bertz CT molecular complexity index is 622. The van der Waals surface area contributed by atoms with Crippen molar-refractivity contribution in [1.29, 1.82) is 0 Å². The van der Waals surface area contributed by atoms with Crippen LogP contribution in [0.1, 0.15) is 49.5 Å². The number of hydrogen-bond acceptors (Lipinski definition) is 4. The normalized spacial score (nSPS) is 20.2. The van der Waals surface area contributed by atoms with Crippen LogP contribution in [0, 0.1) is 0 Å². The molecule has 2 fully saturated rings. The Labute approximate surface area is 150 Å². The zero-order valence-corrected chi connectivity index (χ0v) is 14.9. The number of amides is 1. The molecular formula is C17H25F3N4O2. The Balaban J connectivity index is 1.53. The highest BCUT2D eigenvalue weighted by molar-refractivity contribution is 5.79. The second kappa shape index (κ2) is 7.96. The molecular weight excluding hydrogens is 349 g/mol. The van der Waals surface area contributed by atoms with Crippen LogP contribution in [0.3, 0.4) is 0 Å². The number of rotatable bonds is 7. The van der Waals surface area contributed by atoms with Crippen molar-refractivity contribution < 1.29 is 22.7 Å². The zero-order chi connectivity index (χ0) is 18.7. The molecule has 6 nitrogen and oxygen atoms in total. The number of aromatic nitrogens is 2. The summed E-state index contributed by atoms with van der Waals surface area (Å²) in [4.78, 5) is 14.6. The lowest BCUT2D eigenvalue weighted by molar-refractivity contribution is -0.142. The topological polar surface area (TPSA) is 59.4 Å². The molecule has 1 aromatic rings. The molecule has 1 aromatic heterocycles. The maximum Gasteiger partial charge on any atom is 0.435 e. The van der Waals surface area contributed by atoms with E-state index in [1.807, 2.05) is 0 Å². The van der Waals surface area contributed by atoms with Crippen molar-refractivity contribution in [2.45, 2.75) is 44.3 Å². The lowest BCUT2D eigenvalue weighted by atomic mass is 10.2. The third-order valence-corrected chi connectivity index (χ3v) is 4.85. The number of nitrogens with zero attached hydrogens (tertiary/aromatic N) is 3. The van der Waals surface area contributed by atoms with Crippen molar-refractivity contribution in [2.24, 2.45) is 0 Å². The van der Waals surface area contributed by atoms with E-state index in [0.29, 0.717) is 12.2 Å². The highest BCUT2D eigenvalue weighted by Crippen LogP contribution is 2.42. The minimum absolute atomic E-state index is 0.0789. The Morgan fingerprint density at radius 1 is 1.38 bits per heavy atom. The molecule has 1 saturated heterocycles. The van der Waals surface area contributed by atoms with Gasteiger partial charge in [-0.3, -0.25) is 14.4 Å². The average Bonchev–Trinajstić information content (AvgIpc) is 3.35. The van der Waals surface area contributed by atoms with E-state index in [0.717, 1.165) is 58.2 Å². The van der Waals surface area contributed by atoms with Crippen molar-refractivity contribution in [1.82, 2.24) is 20.0 Å². The number of morpholine rings is 1. The highest BCUT2D eigenvalue weighted by Gasteiger charge is 2.39. The lowest BCUT2D eigenvalue weighted by Crippen LogP contribution is -2.39. The van der Waals surface area contributed by atoms with E-state index in [-0.39, 0.29) is 11.8 Å². The maximum absolute atomic E-state index is 13.0. The summed E-state index contributed by atoms with van der Waals surface area (Å²) in [7, 11) is 0. The van der Waals surface area contributed by atoms with Gasteiger partial charge in [0, 0.05) is 31.2 Å². The highest BCUT2D eigenvalue weighted by atomic mass is 19.4. The molecule has 1 unspecified atom stereocenters. The first-order valence-corrected chi connectivity index (χ1v) is 9.10. The lowest BCUT2D eigenvalue weighted by Gasteiger charge is -2.26. The van der Waals surface area contributed by atoms with Gasteiger partial charge in [0.2, 0.25) is 5.91 Å². The van der Waals surface area contributed by atoms with Crippen molar-refractivity contribution in [3.05, 3.63) is 17.5 Å². The summed E-state index contributed by atoms with van der Waals surface area (Å²) in [6.45, 7) is 6.20. The fourth-order valence-electron chi connectivity index (χ4n) is 3.14. The van der Waals surface area contributed by atoms with Gasteiger partial charge in [0.1, 0.15) is 6.04 Å². The van der Waals surface area contributed by atoms with Gasteiger partial charge in [0.15, 0.2) is 5.69 Å². The van der Waals surface area contributed by atoms with Crippen LogP contribution in [0.5, 0.6) is 0 Å². The number of nitrogens with one attached hydrogen (secondary N) is 1. The van der Waals surface area contributed by atoms with E-state index in [9.17, 15) is 18.0 Å². The predicted octanol–water partition coefficient (Wildman–Crippen LogP) is 2.18. The van der Waals surface area contributed by atoms with Crippen LogP contribution in [-0.2, 0) is 15.7 Å². The summed E-state index contributed by atoms with van der Waals surface area (Å²) < 4.78 is 45.4. The average molecular weight is 374 g/mol. The van der Waals surface area contributed by atoms with Crippen LogP contribution in [0.2, 0.25) is 0 Å². The molecule has 1 aliphatic heterocycles. The molecule has 1 atom stereocenters. The third-order valence-electron chi connectivity index (χ3n) is 4.85. The van der Waals surface area contributed by atoms with Crippen molar-refractivity contribution >= 4 is 5.91 Å². The van der Waals surface area contributed by atoms with Gasteiger partial charge in [0.25, 0.3) is 0 Å². The Morgan fingerprint density at radius 2 is 2.08 bits per heavy atom. The minimum atomic E-state index is -4.50. The molecule has 26 heavy (non-hydrogen) atoms. The molecule has 0 radical (unpaired) electrons.